The zero-order valence-electron chi connectivity index (χ0n) is 10.6. The molecule has 0 heterocycles. The number of nitrogens with one attached hydrogen (secondary N) is 2. The molecule has 0 bridgehead atoms. The molecule has 0 radical (unpaired) electrons. The van der Waals surface area contributed by atoms with E-state index in [2.05, 4.69) is 10.6 Å². The second kappa shape index (κ2) is 7.14. The van der Waals surface area contributed by atoms with Gasteiger partial charge in [0.05, 0.1) is 4.92 Å². The first kappa shape index (κ1) is 16.3. The molecule has 1 aromatic rings. The van der Waals surface area contributed by atoms with Crippen LogP contribution in [-0.4, -0.2) is 39.8 Å². The molecule has 0 unspecified atom stereocenters. The van der Waals surface area contributed by atoms with Gasteiger partial charge in [-0.05, 0) is 6.07 Å². The van der Waals surface area contributed by atoms with Gasteiger partial charge in [0, 0.05) is 30.8 Å². The Morgan fingerprint density at radius 1 is 1.43 bits per heavy atom. The van der Waals surface area contributed by atoms with Gasteiger partial charge in [-0.1, -0.05) is 0 Å². The average Bonchev–Trinajstić information content (AvgIpc) is 2.37. The number of rotatable bonds is 6. The van der Waals surface area contributed by atoms with Gasteiger partial charge in [-0.2, -0.15) is 4.39 Å². The summed E-state index contributed by atoms with van der Waals surface area (Å²) >= 11 is 0. The van der Waals surface area contributed by atoms with Crippen molar-refractivity contribution in [2.45, 2.75) is 12.5 Å². The van der Waals surface area contributed by atoms with Crippen molar-refractivity contribution in [2.75, 3.05) is 11.9 Å². The van der Waals surface area contributed by atoms with Crippen LogP contribution >= 0.6 is 0 Å². The minimum Gasteiger partial charge on any atom is -0.479 e. The Hall–Kier alpha value is -2.75. The molecule has 0 fully saturated rings. The zero-order valence-corrected chi connectivity index (χ0v) is 10.6. The second-order valence-electron chi connectivity index (χ2n) is 3.95. The minimum absolute atomic E-state index is 0.00520. The van der Waals surface area contributed by atoms with Crippen LogP contribution < -0.4 is 10.6 Å². The number of benzene rings is 1. The van der Waals surface area contributed by atoms with Crippen LogP contribution in [0.5, 0.6) is 0 Å². The van der Waals surface area contributed by atoms with Crippen LogP contribution in [0.2, 0.25) is 0 Å². The molecule has 0 saturated carbocycles. The first-order valence-electron chi connectivity index (χ1n) is 5.71. The number of carbonyl (C=O) groups excluding carboxylic acids is 1. The van der Waals surface area contributed by atoms with E-state index in [1.165, 1.54) is 0 Å². The van der Waals surface area contributed by atoms with Crippen molar-refractivity contribution >= 4 is 23.4 Å². The fraction of sp³-hybridized carbons (Fsp3) is 0.273. The maximum absolute atomic E-state index is 13.3. The van der Waals surface area contributed by atoms with Crippen molar-refractivity contribution < 1.29 is 29.1 Å². The fourth-order valence-corrected chi connectivity index (χ4v) is 1.35. The Bertz CT molecular complexity index is 565. The smallest absolute Gasteiger partial charge is 0.332 e. The number of carbonyl (C=O) groups is 2. The van der Waals surface area contributed by atoms with E-state index in [9.17, 15) is 24.1 Å². The SMILES string of the molecule is O=C(NCC[C@H](O)C(=O)O)Nc1ccc([N+](=O)[O-])c(F)c1. The Kier molecular flexibility index (Phi) is 5.55. The first-order chi connectivity index (χ1) is 9.81. The van der Waals surface area contributed by atoms with Crippen LogP contribution in [0.25, 0.3) is 0 Å². The number of nitro groups is 1. The summed E-state index contributed by atoms with van der Waals surface area (Å²) in [5.74, 6) is -2.51. The lowest BCUT2D eigenvalue weighted by Gasteiger charge is -2.09. The summed E-state index contributed by atoms with van der Waals surface area (Å²) in [5.41, 5.74) is -0.722. The van der Waals surface area contributed by atoms with E-state index in [1.807, 2.05) is 0 Å². The normalized spacial score (nSPS) is 11.5. The van der Waals surface area contributed by atoms with Gasteiger partial charge in [0.1, 0.15) is 0 Å². The van der Waals surface area contributed by atoms with E-state index in [4.69, 9.17) is 10.2 Å². The molecule has 0 aromatic heterocycles. The number of hydrogen-bond acceptors (Lipinski definition) is 5. The molecular formula is C11H12FN3O6. The Labute approximate surface area is 117 Å². The summed E-state index contributed by atoms with van der Waals surface area (Å²) in [6.45, 7) is -0.116. The number of aliphatic hydroxyl groups excluding tert-OH is 1. The second-order valence-corrected chi connectivity index (χ2v) is 3.95. The van der Waals surface area contributed by atoms with Gasteiger partial charge >= 0.3 is 17.7 Å². The number of aliphatic hydroxyl groups is 1. The summed E-state index contributed by atoms with van der Waals surface area (Å²) in [7, 11) is 0. The minimum atomic E-state index is -1.60. The lowest BCUT2D eigenvalue weighted by molar-refractivity contribution is -0.387. The van der Waals surface area contributed by atoms with Crippen molar-refractivity contribution in [1.29, 1.82) is 0 Å². The first-order valence-corrected chi connectivity index (χ1v) is 5.71. The number of carboxylic acids is 1. The number of halogens is 1. The van der Waals surface area contributed by atoms with Gasteiger partial charge in [0.2, 0.25) is 5.82 Å². The van der Waals surface area contributed by atoms with Crippen molar-refractivity contribution in [3.63, 3.8) is 0 Å². The lowest BCUT2D eigenvalue weighted by atomic mass is 10.2. The van der Waals surface area contributed by atoms with Crippen LogP contribution in [0, 0.1) is 15.9 Å². The van der Waals surface area contributed by atoms with Crippen molar-refractivity contribution in [3.05, 3.63) is 34.1 Å². The van der Waals surface area contributed by atoms with E-state index in [0.717, 1.165) is 18.2 Å². The molecule has 1 aromatic carbocycles. The molecule has 4 N–H and O–H groups in total. The number of nitro benzene ring substituents is 1. The van der Waals surface area contributed by atoms with E-state index in [-0.39, 0.29) is 18.7 Å². The number of anilines is 1. The van der Waals surface area contributed by atoms with Gasteiger partial charge < -0.3 is 20.8 Å². The summed E-state index contributed by atoms with van der Waals surface area (Å²) < 4.78 is 13.3. The van der Waals surface area contributed by atoms with Gasteiger partial charge in [0.15, 0.2) is 6.10 Å². The Morgan fingerprint density at radius 2 is 2.10 bits per heavy atom. The number of nitrogens with zero attached hydrogens (tertiary/aromatic N) is 1. The average molecular weight is 301 g/mol. The zero-order chi connectivity index (χ0) is 16.0. The molecule has 10 heteroatoms. The number of hydrogen-bond donors (Lipinski definition) is 4. The molecule has 0 aliphatic rings. The third-order valence-electron chi connectivity index (χ3n) is 2.39. The number of aliphatic carboxylic acids is 1. The topological polar surface area (TPSA) is 142 Å². The number of amides is 2. The number of carboxylic acid groups (broad SMARTS) is 1. The third-order valence-corrected chi connectivity index (χ3v) is 2.39. The molecule has 9 nitrogen and oxygen atoms in total. The molecule has 114 valence electrons. The van der Waals surface area contributed by atoms with Gasteiger partial charge in [-0.25, -0.2) is 9.59 Å². The third kappa shape index (κ3) is 5.03. The highest BCUT2D eigenvalue weighted by Gasteiger charge is 2.15. The molecule has 1 atom stereocenters. The molecule has 0 spiro atoms. The maximum atomic E-state index is 13.3. The summed E-state index contributed by atoms with van der Waals surface area (Å²) in [4.78, 5) is 31.2. The van der Waals surface area contributed by atoms with Crippen LogP contribution in [0.3, 0.4) is 0 Å². The monoisotopic (exact) mass is 301 g/mol. The largest absolute Gasteiger partial charge is 0.479 e. The van der Waals surface area contributed by atoms with E-state index < -0.39 is 34.5 Å². The predicted octanol–water partition coefficient (Wildman–Crippen LogP) is 0.691. The van der Waals surface area contributed by atoms with E-state index in [0.29, 0.717) is 0 Å². The summed E-state index contributed by atoms with van der Waals surface area (Å²) in [5, 5.41) is 32.2. The van der Waals surface area contributed by atoms with Crippen LogP contribution in [-0.2, 0) is 4.79 Å². The van der Waals surface area contributed by atoms with E-state index >= 15 is 0 Å². The summed E-state index contributed by atoms with van der Waals surface area (Å²) in [6, 6.07) is 2.07. The highest BCUT2D eigenvalue weighted by atomic mass is 19.1. The molecule has 0 aliphatic carbocycles. The maximum Gasteiger partial charge on any atom is 0.332 e. The van der Waals surface area contributed by atoms with Crippen molar-refractivity contribution in [1.82, 2.24) is 5.32 Å². The highest BCUT2D eigenvalue weighted by Crippen LogP contribution is 2.20. The fourth-order valence-electron chi connectivity index (χ4n) is 1.35. The quantitative estimate of drug-likeness (QED) is 0.450. The molecule has 2 amide bonds. The van der Waals surface area contributed by atoms with Crippen molar-refractivity contribution in [2.24, 2.45) is 0 Å². The Morgan fingerprint density at radius 3 is 2.62 bits per heavy atom. The highest BCUT2D eigenvalue weighted by molar-refractivity contribution is 5.89. The predicted molar refractivity (Wildman–Crippen MR) is 68.3 cm³/mol. The van der Waals surface area contributed by atoms with Crippen LogP contribution in [0.4, 0.5) is 20.6 Å². The summed E-state index contributed by atoms with van der Waals surface area (Å²) in [6.07, 6.45) is -1.79. The Balaban J connectivity index is 2.50. The molecular weight excluding hydrogens is 289 g/mol. The van der Waals surface area contributed by atoms with E-state index in [1.54, 1.807) is 0 Å². The standard InChI is InChI=1S/C11H12FN3O6/c12-7-5-6(1-2-8(7)15(20)21)14-11(19)13-4-3-9(16)10(17)18/h1-2,5,9,16H,3-4H2,(H,17,18)(H2,13,14,19)/t9-/m0/s1. The van der Waals surface area contributed by atoms with Gasteiger partial charge in [-0.15, -0.1) is 0 Å². The molecule has 0 aliphatic heterocycles. The lowest BCUT2D eigenvalue weighted by Crippen LogP contribution is -2.33. The molecule has 1 rings (SSSR count). The number of urea groups is 1. The van der Waals surface area contributed by atoms with Crippen LogP contribution in [0.15, 0.2) is 18.2 Å². The van der Waals surface area contributed by atoms with Gasteiger partial charge in [0.25, 0.3) is 0 Å². The molecule has 0 saturated heterocycles. The van der Waals surface area contributed by atoms with Gasteiger partial charge in [-0.3, -0.25) is 10.1 Å². The molecule has 21 heavy (non-hydrogen) atoms. The van der Waals surface area contributed by atoms with Crippen molar-refractivity contribution in [3.8, 4) is 0 Å². The van der Waals surface area contributed by atoms with Crippen LogP contribution in [0.1, 0.15) is 6.42 Å².